The van der Waals surface area contributed by atoms with Crippen LogP contribution in [-0.2, 0) is 18.4 Å². The van der Waals surface area contributed by atoms with Crippen molar-refractivity contribution in [3.63, 3.8) is 0 Å². The van der Waals surface area contributed by atoms with Crippen LogP contribution in [0.25, 0.3) is 5.69 Å². The zero-order chi connectivity index (χ0) is 20.0. The highest BCUT2D eigenvalue weighted by atomic mass is 32.1. The Morgan fingerprint density at radius 3 is 2.57 bits per heavy atom. The fraction of sp³-hybridized carbons (Fsp3) is 0.381. The molecule has 0 aliphatic carbocycles. The van der Waals surface area contributed by atoms with Crippen molar-refractivity contribution in [3.05, 3.63) is 64.4 Å². The minimum atomic E-state index is 0.0850. The van der Waals surface area contributed by atoms with Crippen molar-refractivity contribution in [2.45, 2.75) is 39.2 Å². The average molecular weight is 397 g/mol. The van der Waals surface area contributed by atoms with E-state index in [1.807, 2.05) is 16.9 Å². The molecular weight excluding hydrogens is 368 g/mol. The van der Waals surface area contributed by atoms with E-state index in [2.05, 4.69) is 71.1 Å². The first-order chi connectivity index (χ1) is 13.5. The molecule has 0 atom stereocenters. The Labute approximate surface area is 170 Å². The predicted octanol–water partition coefficient (Wildman–Crippen LogP) is 3.53. The summed E-state index contributed by atoms with van der Waals surface area (Å²) in [6.07, 6.45) is 4.65. The van der Waals surface area contributed by atoms with Gasteiger partial charge in [0, 0.05) is 36.8 Å². The molecule has 148 valence electrons. The Kier molecular flexibility index (Phi) is 6.46. The summed E-state index contributed by atoms with van der Waals surface area (Å²) in [5, 5.41) is 14.2. The minimum absolute atomic E-state index is 0.0850. The van der Waals surface area contributed by atoms with Crippen molar-refractivity contribution in [2.75, 3.05) is 13.6 Å². The lowest BCUT2D eigenvalue weighted by atomic mass is 9.93. The van der Waals surface area contributed by atoms with Crippen LogP contribution in [0.5, 0.6) is 0 Å². The van der Waals surface area contributed by atoms with Gasteiger partial charge in [0.25, 0.3) is 0 Å². The van der Waals surface area contributed by atoms with Crippen molar-refractivity contribution >= 4 is 17.3 Å². The molecule has 0 bridgehead atoms. The van der Waals surface area contributed by atoms with E-state index >= 15 is 0 Å². The Bertz CT molecular complexity index is 888. The topological polar surface area (TPSA) is 67.1 Å². The molecule has 0 saturated carbocycles. The summed E-state index contributed by atoms with van der Waals surface area (Å²) in [5.41, 5.74) is 3.56. The number of hydrogen-bond acceptors (Lipinski definition) is 4. The van der Waals surface area contributed by atoms with Crippen LogP contribution < -0.4 is 10.6 Å². The summed E-state index contributed by atoms with van der Waals surface area (Å²) in [6, 6.07) is 10.4. The molecule has 0 amide bonds. The molecule has 0 aliphatic rings. The molecule has 7 heteroatoms. The van der Waals surface area contributed by atoms with Gasteiger partial charge >= 0.3 is 0 Å². The van der Waals surface area contributed by atoms with Gasteiger partial charge in [0.15, 0.2) is 5.96 Å². The minimum Gasteiger partial charge on any atom is -0.356 e. The van der Waals surface area contributed by atoms with Gasteiger partial charge in [-0.15, -0.1) is 11.3 Å². The van der Waals surface area contributed by atoms with Gasteiger partial charge in [-0.3, -0.25) is 4.99 Å². The number of nitrogens with one attached hydrogen (secondary N) is 2. The molecule has 2 N–H and O–H groups in total. The summed E-state index contributed by atoms with van der Waals surface area (Å²) >= 11 is 1.69. The Morgan fingerprint density at radius 1 is 1.18 bits per heavy atom. The summed E-state index contributed by atoms with van der Waals surface area (Å²) in [5.74, 6) is 0.792. The maximum atomic E-state index is 4.71. The Hall–Kier alpha value is -2.67. The second-order valence-electron chi connectivity index (χ2n) is 7.60. The predicted molar refractivity (Wildman–Crippen MR) is 116 cm³/mol. The van der Waals surface area contributed by atoms with E-state index in [4.69, 9.17) is 4.98 Å². The number of benzene rings is 1. The van der Waals surface area contributed by atoms with Crippen LogP contribution in [0, 0.1) is 0 Å². The first-order valence-electron chi connectivity index (χ1n) is 9.44. The zero-order valence-electron chi connectivity index (χ0n) is 16.9. The third kappa shape index (κ3) is 5.42. The highest BCUT2D eigenvalue weighted by molar-refractivity contribution is 7.09. The van der Waals surface area contributed by atoms with E-state index in [9.17, 15) is 0 Å². The van der Waals surface area contributed by atoms with E-state index in [1.165, 1.54) is 5.56 Å². The zero-order valence-corrected chi connectivity index (χ0v) is 17.8. The largest absolute Gasteiger partial charge is 0.356 e. The van der Waals surface area contributed by atoms with E-state index in [1.54, 1.807) is 24.6 Å². The van der Waals surface area contributed by atoms with Crippen molar-refractivity contribution in [3.8, 4) is 5.69 Å². The lowest BCUT2D eigenvalue weighted by Crippen LogP contribution is -2.37. The molecular formula is C21H28N6S. The van der Waals surface area contributed by atoms with Crippen molar-refractivity contribution < 1.29 is 0 Å². The van der Waals surface area contributed by atoms with Crippen LogP contribution in [0.15, 0.2) is 53.1 Å². The smallest absolute Gasteiger partial charge is 0.191 e. The number of nitrogens with zero attached hydrogens (tertiary/aromatic N) is 4. The lowest BCUT2D eigenvalue weighted by molar-refractivity contribution is 0.570. The summed E-state index contributed by atoms with van der Waals surface area (Å²) in [4.78, 5) is 9.01. The van der Waals surface area contributed by atoms with Gasteiger partial charge in [0.2, 0.25) is 0 Å². The third-order valence-corrected chi connectivity index (χ3v) is 5.21. The first-order valence-corrected chi connectivity index (χ1v) is 10.3. The molecule has 6 nitrogen and oxygen atoms in total. The molecule has 0 fully saturated rings. The Morgan fingerprint density at radius 2 is 1.96 bits per heavy atom. The van der Waals surface area contributed by atoms with E-state index < -0.39 is 0 Å². The van der Waals surface area contributed by atoms with Crippen LogP contribution in [-0.4, -0.2) is 34.3 Å². The second kappa shape index (κ2) is 9.01. The van der Waals surface area contributed by atoms with Crippen LogP contribution in [0.4, 0.5) is 0 Å². The van der Waals surface area contributed by atoms with Crippen LogP contribution in [0.2, 0.25) is 0 Å². The third-order valence-electron chi connectivity index (χ3n) is 4.36. The molecule has 3 aromatic rings. The number of rotatable bonds is 6. The fourth-order valence-electron chi connectivity index (χ4n) is 2.68. The molecule has 1 aromatic carbocycles. The molecule has 0 aliphatic heterocycles. The monoisotopic (exact) mass is 396 g/mol. The van der Waals surface area contributed by atoms with Gasteiger partial charge in [-0.05, 0) is 30.2 Å². The van der Waals surface area contributed by atoms with Gasteiger partial charge in [-0.1, -0.05) is 32.9 Å². The maximum absolute atomic E-state index is 4.71. The normalized spacial score (nSPS) is 12.2. The summed E-state index contributed by atoms with van der Waals surface area (Å²) in [6.45, 7) is 8.04. The molecule has 0 radical (unpaired) electrons. The van der Waals surface area contributed by atoms with Gasteiger partial charge in [0.1, 0.15) is 5.01 Å². The molecule has 0 unspecified atom stereocenters. The van der Waals surface area contributed by atoms with Crippen LogP contribution in [0.3, 0.4) is 0 Å². The number of hydrogen-bond donors (Lipinski definition) is 2. The quantitative estimate of drug-likeness (QED) is 0.494. The number of thiazole rings is 1. The van der Waals surface area contributed by atoms with Crippen molar-refractivity contribution in [2.24, 2.45) is 4.99 Å². The maximum Gasteiger partial charge on any atom is 0.191 e. The molecule has 0 spiro atoms. The van der Waals surface area contributed by atoms with Gasteiger partial charge in [-0.2, -0.15) is 5.10 Å². The highest BCUT2D eigenvalue weighted by Crippen LogP contribution is 2.23. The standard InChI is InChI=1S/C21H28N6S/c1-21(2,3)18-15-28-19(26-18)14-24-20(22-4)23-12-10-16-6-8-17(9-7-16)27-13-5-11-25-27/h5-9,11,13,15H,10,12,14H2,1-4H3,(H2,22,23,24). The van der Waals surface area contributed by atoms with Crippen molar-refractivity contribution in [1.82, 2.24) is 25.4 Å². The molecule has 0 saturated heterocycles. The first kappa shape index (κ1) is 20.1. The number of guanidine groups is 1. The molecule has 2 aromatic heterocycles. The molecule has 3 rings (SSSR count). The van der Waals surface area contributed by atoms with Gasteiger partial charge in [0.05, 0.1) is 17.9 Å². The van der Waals surface area contributed by atoms with Gasteiger partial charge < -0.3 is 10.6 Å². The fourth-order valence-corrected chi connectivity index (χ4v) is 3.64. The van der Waals surface area contributed by atoms with Gasteiger partial charge in [-0.25, -0.2) is 9.67 Å². The number of aromatic nitrogens is 3. The van der Waals surface area contributed by atoms with Crippen LogP contribution >= 0.6 is 11.3 Å². The lowest BCUT2D eigenvalue weighted by Gasteiger charge is -2.14. The highest BCUT2D eigenvalue weighted by Gasteiger charge is 2.17. The summed E-state index contributed by atoms with van der Waals surface area (Å²) in [7, 11) is 1.79. The second-order valence-corrected chi connectivity index (χ2v) is 8.54. The van der Waals surface area contributed by atoms with E-state index in [0.717, 1.165) is 35.3 Å². The molecule has 28 heavy (non-hydrogen) atoms. The van der Waals surface area contributed by atoms with Crippen LogP contribution in [0.1, 0.15) is 37.0 Å². The SMILES string of the molecule is CN=C(NCCc1ccc(-n2cccn2)cc1)NCc1nc(C(C)(C)C)cs1. The molecule has 2 heterocycles. The average Bonchev–Trinajstić information content (AvgIpc) is 3.36. The number of aliphatic imine (C=N–C) groups is 1. The van der Waals surface area contributed by atoms with Crippen molar-refractivity contribution in [1.29, 1.82) is 0 Å². The van der Waals surface area contributed by atoms with E-state index in [0.29, 0.717) is 6.54 Å². The Balaban J connectivity index is 1.45. The summed E-state index contributed by atoms with van der Waals surface area (Å²) < 4.78 is 1.86. The van der Waals surface area contributed by atoms with E-state index in [-0.39, 0.29) is 5.41 Å².